The van der Waals surface area contributed by atoms with Gasteiger partial charge in [0.1, 0.15) is 0 Å². The minimum absolute atomic E-state index is 0. The average Bonchev–Trinajstić information content (AvgIpc) is 1.00. The average molecular weight is 186 g/mol. The predicted octanol–water partition coefficient (Wildman–Crippen LogP) is -4.20. The maximum Gasteiger partial charge on any atom is 0.316 e. The Morgan fingerprint density at radius 1 is 1.00 bits per heavy atom. The van der Waals surface area contributed by atoms with E-state index in [0.29, 0.717) is 0 Å². The fourth-order valence-corrected chi connectivity index (χ4v) is 0. The molecule has 0 radical (unpaired) electrons. The SMILES string of the molecule is [CaH2].[Fe].[MgH2].[SiH3][SiH3]. The maximum absolute atomic E-state index is 1.44. The first-order valence-electron chi connectivity index (χ1n) is 1.00. The van der Waals surface area contributed by atoms with E-state index in [0.717, 1.165) is 0 Å². The van der Waals surface area contributed by atoms with E-state index in [1.165, 1.54) is 19.5 Å². The zero-order chi connectivity index (χ0) is 2.00. The van der Waals surface area contributed by atoms with Gasteiger partial charge in [-0.3, -0.25) is 0 Å². The Balaban J connectivity index is -0.00000000167. The van der Waals surface area contributed by atoms with Crippen LogP contribution in [-0.2, 0) is 17.1 Å². The molecule has 30 valence electrons. The standard InChI is InChI=1S/Ca.Fe.Mg.H6Si2.4H/c;;;1-2;;;;/h;;;1-2H3;;;;. The van der Waals surface area contributed by atoms with Crippen LogP contribution in [0.1, 0.15) is 0 Å². The van der Waals surface area contributed by atoms with Crippen LogP contribution in [0, 0.1) is 0 Å². The zero-order valence-corrected chi connectivity index (χ0v) is 7.46. The van der Waals surface area contributed by atoms with E-state index in [1.54, 1.807) is 0 Å². The largest absolute Gasteiger partial charge is 0.316 e. The van der Waals surface area contributed by atoms with Crippen molar-refractivity contribution in [3.05, 3.63) is 0 Å². The molecule has 0 N–H and O–H groups in total. The molecule has 0 heterocycles. The van der Waals surface area contributed by atoms with Crippen LogP contribution in [0.2, 0.25) is 0 Å². The molecule has 0 spiro atoms. The molecule has 0 amide bonds. The van der Waals surface area contributed by atoms with Gasteiger partial charge in [0.25, 0.3) is 0 Å². The van der Waals surface area contributed by atoms with Crippen LogP contribution in [0.15, 0.2) is 0 Å². The molecule has 0 aliphatic carbocycles. The number of hydrogen-bond acceptors (Lipinski definition) is 0. The molecule has 0 fully saturated rings. The molecule has 0 rings (SSSR count). The van der Waals surface area contributed by atoms with Gasteiger partial charge in [0.05, 0.1) is 0 Å². The summed E-state index contributed by atoms with van der Waals surface area (Å²) in [6.45, 7) is 0. The van der Waals surface area contributed by atoms with Crippen LogP contribution in [0.3, 0.4) is 0 Å². The van der Waals surface area contributed by atoms with Gasteiger partial charge < -0.3 is 0 Å². The second kappa shape index (κ2) is 28.1. The van der Waals surface area contributed by atoms with Crippen LogP contribution >= 0.6 is 0 Å². The summed E-state index contributed by atoms with van der Waals surface area (Å²) >= 11 is 0. The Labute approximate surface area is 95.5 Å². The van der Waals surface area contributed by atoms with Crippen molar-refractivity contribution in [3.63, 3.8) is 0 Å². The van der Waals surface area contributed by atoms with Crippen LogP contribution in [0.5, 0.6) is 0 Å². The molecule has 0 aliphatic heterocycles. The van der Waals surface area contributed by atoms with Gasteiger partial charge in [0.2, 0.25) is 0 Å². The van der Waals surface area contributed by atoms with E-state index in [1.807, 2.05) is 0 Å². The summed E-state index contributed by atoms with van der Waals surface area (Å²) < 4.78 is 0. The molecular formula is H10CaFeMgSi2. The van der Waals surface area contributed by atoms with Gasteiger partial charge in [-0.2, -0.15) is 0 Å². The monoisotopic (exact) mass is 186 g/mol. The van der Waals surface area contributed by atoms with Gasteiger partial charge >= 0.3 is 60.8 Å². The molecular weight excluding hydrogens is 176 g/mol. The fraction of sp³-hybridized carbons (Fsp3) is 0. The van der Waals surface area contributed by atoms with E-state index in [2.05, 4.69) is 0 Å². The minimum atomic E-state index is 0. The van der Waals surface area contributed by atoms with Crippen molar-refractivity contribution in [1.82, 2.24) is 0 Å². The van der Waals surface area contributed by atoms with Gasteiger partial charge in [-0.1, -0.05) is 0 Å². The third-order valence-electron chi connectivity index (χ3n) is 0. The van der Waals surface area contributed by atoms with Crippen molar-refractivity contribution in [3.8, 4) is 0 Å². The van der Waals surface area contributed by atoms with E-state index in [4.69, 9.17) is 0 Å². The topological polar surface area (TPSA) is 0 Å². The van der Waals surface area contributed by atoms with E-state index in [-0.39, 0.29) is 77.9 Å². The first kappa shape index (κ1) is 24.5. The Morgan fingerprint density at radius 3 is 1.00 bits per heavy atom. The normalized spacial score (nSPS) is 2.40. The molecule has 0 nitrogen and oxygen atoms in total. The molecule has 0 aromatic heterocycles. The Morgan fingerprint density at radius 2 is 1.00 bits per heavy atom. The van der Waals surface area contributed by atoms with Crippen LogP contribution in [0.25, 0.3) is 0 Å². The van der Waals surface area contributed by atoms with Gasteiger partial charge in [0.15, 0.2) is 0 Å². The molecule has 0 saturated carbocycles. The van der Waals surface area contributed by atoms with Crippen molar-refractivity contribution >= 4 is 80.3 Å². The molecule has 0 unspecified atom stereocenters. The second-order valence-corrected chi connectivity index (χ2v) is 0. The Kier molecular flexibility index (Phi) is 138. The number of hydrogen-bond donors (Lipinski definition) is 0. The molecule has 5 heteroatoms. The fourth-order valence-electron chi connectivity index (χ4n) is 0. The van der Waals surface area contributed by atoms with E-state index >= 15 is 0 Å². The van der Waals surface area contributed by atoms with E-state index in [9.17, 15) is 0 Å². The molecule has 5 heavy (non-hydrogen) atoms. The summed E-state index contributed by atoms with van der Waals surface area (Å²) in [6, 6.07) is 0. The molecule has 0 aliphatic rings. The van der Waals surface area contributed by atoms with Crippen LogP contribution in [0.4, 0.5) is 0 Å². The Bertz CT molecular complexity index is 9.61. The van der Waals surface area contributed by atoms with Crippen LogP contribution in [-0.4, -0.2) is 80.3 Å². The zero-order valence-electron chi connectivity index (χ0n) is 2.35. The third-order valence-corrected chi connectivity index (χ3v) is 0. The van der Waals surface area contributed by atoms with Gasteiger partial charge in [-0.15, -0.1) is 0 Å². The van der Waals surface area contributed by atoms with Crippen LogP contribution < -0.4 is 0 Å². The molecule has 0 saturated heterocycles. The predicted molar refractivity (Wildman–Crippen MR) is 37.0 cm³/mol. The smallest absolute Gasteiger partial charge is 0.0125 e. The second-order valence-electron chi connectivity index (χ2n) is 0. The summed E-state index contributed by atoms with van der Waals surface area (Å²) in [5, 5.41) is 0. The minimum Gasteiger partial charge on any atom is -0.0125 e. The first-order valence-corrected chi connectivity index (χ1v) is 9.00. The summed E-state index contributed by atoms with van der Waals surface area (Å²) in [5.74, 6) is 0. The quantitative estimate of drug-likeness (QED) is 0.337. The maximum atomic E-state index is 1.44. The van der Waals surface area contributed by atoms with Gasteiger partial charge in [-0.05, 0) is 19.5 Å². The Hall–Kier alpha value is 2.98. The van der Waals surface area contributed by atoms with Crippen molar-refractivity contribution in [2.24, 2.45) is 0 Å². The third kappa shape index (κ3) is 19.5. The van der Waals surface area contributed by atoms with E-state index < -0.39 is 0 Å². The summed E-state index contributed by atoms with van der Waals surface area (Å²) in [7, 11) is 2.89. The van der Waals surface area contributed by atoms with Gasteiger partial charge in [-0.25, -0.2) is 0 Å². The number of rotatable bonds is 0. The molecule has 0 atom stereocenters. The van der Waals surface area contributed by atoms with Crippen molar-refractivity contribution in [1.29, 1.82) is 0 Å². The molecule has 0 bridgehead atoms. The molecule has 0 aromatic carbocycles. The summed E-state index contributed by atoms with van der Waals surface area (Å²) in [4.78, 5) is 0. The first-order chi connectivity index (χ1) is 1.00. The van der Waals surface area contributed by atoms with Crippen molar-refractivity contribution < 1.29 is 17.1 Å². The van der Waals surface area contributed by atoms with Crippen molar-refractivity contribution in [2.45, 2.75) is 0 Å². The summed E-state index contributed by atoms with van der Waals surface area (Å²) in [6.07, 6.45) is 0. The van der Waals surface area contributed by atoms with Gasteiger partial charge in [0, 0.05) is 17.1 Å². The molecule has 0 aromatic rings. The van der Waals surface area contributed by atoms with Crippen molar-refractivity contribution in [2.75, 3.05) is 0 Å². The summed E-state index contributed by atoms with van der Waals surface area (Å²) in [5.41, 5.74) is 0.